The summed E-state index contributed by atoms with van der Waals surface area (Å²) in [7, 11) is 0. The fourth-order valence-corrected chi connectivity index (χ4v) is 2.80. The first-order chi connectivity index (χ1) is 7.85. The summed E-state index contributed by atoms with van der Waals surface area (Å²) < 4.78 is 0. The molecule has 2 rings (SSSR count). The van der Waals surface area contributed by atoms with Crippen LogP contribution >= 0.6 is 12.2 Å². The zero-order chi connectivity index (χ0) is 11.3. The maximum atomic E-state index is 4.80. The minimum absolute atomic E-state index is 0.0430. The molecule has 2 heteroatoms. The van der Waals surface area contributed by atoms with Crippen LogP contribution in [0.2, 0.25) is 0 Å². The summed E-state index contributed by atoms with van der Waals surface area (Å²) >= 11 is 4.80. The van der Waals surface area contributed by atoms with Crippen molar-refractivity contribution in [3.63, 3.8) is 0 Å². The third kappa shape index (κ3) is 2.78. The van der Waals surface area contributed by atoms with Crippen molar-refractivity contribution in [2.24, 2.45) is 4.99 Å². The van der Waals surface area contributed by atoms with Crippen molar-refractivity contribution in [3.05, 3.63) is 35.9 Å². The molecule has 1 aliphatic carbocycles. The van der Waals surface area contributed by atoms with Crippen molar-refractivity contribution in [3.8, 4) is 0 Å². The molecule has 0 atom stereocenters. The number of hydrogen-bond donors (Lipinski definition) is 0. The predicted octanol–water partition coefficient (Wildman–Crippen LogP) is 4.03. The summed E-state index contributed by atoms with van der Waals surface area (Å²) in [6.45, 7) is 0. The van der Waals surface area contributed by atoms with E-state index in [1.807, 2.05) is 0 Å². The summed E-state index contributed by atoms with van der Waals surface area (Å²) in [6, 6.07) is 10.6. The van der Waals surface area contributed by atoms with Gasteiger partial charge in [0.2, 0.25) is 0 Å². The highest BCUT2D eigenvalue weighted by Gasteiger charge is 2.31. The molecule has 0 heterocycles. The molecule has 0 unspecified atom stereocenters. The van der Waals surface area contributed by atoms with Crippen molar-refractivity contribution in [2.75, 3.05) is 0 Å². The lowest BCUT2D eigenvalue weighted by atomic mass is 9.78. The predicted molar refractivity (Wildman–Crippen MR) is 71.0 cm³/mol. The van der Waals surface area contributed by atoms with Crippen molar-refractivity contribution < 1.29 is 0 Å². The smallest absolute Gasteiger partial charge is 0.0751 e. The summed E-state index contributed by atoms with van der Waals surface area (Å²) in [5, 5.41) is 2.61. The van der Waals surface area contributed by atoms with Crippen LogP contribution in [0.3, 0.4) is 0 Å². The first-order valence-corrected chi connectivity index (χ1v) is 6.38. The second kappa shape index (κ2) is 5.38. The van der Waals surface area contributed by atoms with Crippen molar-refractivity contribution in [2.45, 2.75) is 44.1 Å². The lowest BCUT2D eigenvalue weighted by molar-refractivity contribution is 0.298. The molecule has 0 N–H and O–H groups in total. The molecule has 0 bridgehead atoms. The van der Waals surface area contributed by atoms with E-state index < -0.39 is 0 Å². The Kier molecular flexibility index (Phi) is 3.87. The molecule has 16 heavy (non-hydrogen) atoms. The normalized spacial score (nSPS) is 18.8. The molecule has 1 aromatic carbocycles. The molecule has 1 fully saturated rings. The molecular weight excluding hydrogens is 214 g/mol. The minimum atomic E-state index is 0.0430. The van der Waals surface area contributed by atoms with Gasteiger partial charge < -0.3 is 0 Å². The van der Waals surface area contributed by atoms with Crippen LogP contribution in [-0.2, 0) is 6.42 Å². The van der Waals surface area contributed by atoms with Gasteiger partial charge in [0, 0.05) is 0 Å². The lowest BCUT2D eigenvalue weighted by Gasteiger charge is -2.32. The molecule has 1 aromatic rings. The van der Waals surface area contributed by atoms with Gasteiger partial charge >= 0.3 is 0 Å². The van der Waals surface area contributed by atoms with Crippen LogP contribution in [0.25, 0.3) is 0 Å². The van der Waals surface area contributed by atoms with E-state index in [2.05, 4.69) is 40.5 Å². The first-order valence-electron chi connectivity index (χ1n) is 5.98. The van der Waals surface area contributed by atoms with Crippen molar-refractivity contribution in [1.82, 2.24) is 0 Å². The van der Waals surface area contributed by atoms with E-state index in [9.17, 15) is 0 Å². The third-order valence-electron chi connectivity index (χ3n) is 3.44. The lowest BCUT2D eigenvalue weighted by Crippen LogP contribution is -2.31. The number of aliphatic imine (C=N–C) groups is 1. The number of nitrogens with zero attached hydrogens (tertiary/aromatic N) is 1. The quantitative estimate of drug-likeness (QED) is 0.565. The Morgan fingerprint density at radius 1 is 1.12 bits per heavy atom. The topological polar surface area (TPSA) is 12.4 Å². The minimum Gasteiger partial charge on any atom is -0.225 e. The molecule has 0 spiro atoms. The Morgan fingerprint density at radius 3 is 2.44 bits per heavy atom. The van der Waals surface area contributed by atoms with Crippen LogP contribution in [0.1, 0.15) is 37.7 Å². The van der Waals surface area contributed by atoms with E-state index in [-0.39, 0.29) is 5.54 Å². The summed E-state index contributed by atoms with van der Waals surface area (Å²) in [6.07, 6.45) is 7.21. The Morgan fingerprint density at radius 2 is 1.81 bits per heavy atom. The van der Waals surface area contributed by atoms with Gasteiger partial charge in [-0.15, -0.1) is 0 Å². The standard InChI is InChI=1S/C14H17NS/c16-12-15-14(9-5-2-6-10-14)11-13-7-3-1-4-8-13/h1,3-4,7-8H,2,5-6,9-11H2. The van der Waals surface area contributed by atoms with Crippen LogP contribution in [0.5, 0.6) is 0 Å². The fraction of sp³-hybridized carbons (Fsp3) is 0.500. The van der Waals surface area contributed by atoms with Gasteiger partial charge in [-0.05, 0) is 37.0 Å². The Bertz CT molecular complexity index is 373. The van der Waals surface area contributed by atoms with Gasteiger partial charge in [0.1, 0.15) is 0 Å². The van der Waals surface area contributed by atoms with E-state index in [4.69, 9.17) is 12.2 Å². The zero-order valence-electron chi connectivity index (χ0n) is 9.48. The summed E-state index contributed by atoms with van der Waals surface area (Å²) in [4.78, 5) is 4.48. The second-order valence-corrected chi connectivity index (χ2v) is 4.83. The molecule has 1 nitrogen and oxygen atoms in total. The highest BCUT2D eigenvalue weighted by molar-refractivity contribution is 7.78. The molecule has 0 saturated heterocycles. The molecular formula is C14H17NS. The average Bonchev–Trinajstić information content (AvgIpc) is 2.31. The van der Waals surface area contributed by atoms with E-state index in [1.165, 1.54) is 24.8 Å². The van der Waals surface area contributed by atoms with Gasteiger partial charge in [0.15, 0.2) is 0 Å². The van der Waals surface area contributed by atoms with Gasteiger partial charge in [0.25, 0.3) is 0 Å². The highest BCUT2D eigenvalue weighted by atomic mass is 32.1. The highest BCUT2D eigenvalue weighted by Crippen LogP contribution is 2.34. The summed E-state index contributed by atoms with van der Waals surface area (Å²) in [5.41, 5.74) is 1.40. The van der Waals surface area contributed by atoms with Crippen LogP contribution in [0.15, 0.2) is 35.3 Å². The van der Waals surface area contributed by atoms with E-state index in [0.29, 0.717) is 0 Å². The van der Waals surface area contributed by atoms with Crippen LogP contribution in [-0.4, -0.2) is 10.7 Å². The number of thiocarbonyl (C=S) groups is 1. The first kappa shape index (κ1) is 11.5. The molecule has 84 valence electrons. The van der Waals surface area contributed by atoms with Crippen LogP contribution in [0, 0.1) is 0 Å². The van der Waals surface area contributed by atoms with Crippen molar-refractivity contribution in [1.29, 1.82) is 0 Å². The monoisotopic (exact) mass is 231 g/mol. The third-order valence-corrected chi connectivity index (χ3v) is 3.53. The van der Waals surface area contributed by atoms with E-state index in [1.54, 1.807) is 0 Å². The molecule has 1 aliphatic rings. The second-order valence-electron chi connectivity index (χ2n) is 4.65. The SMILES string of the molecule is S=C=NC1(Cc2ccccc2)CCCCC1. The van der Waals surface area contributed by atoms with Gasteiger partial charge in [-0.2, -0.15) is 0 Å². The maximum absolute atomic E-state index is 4.80. The van der Waals surface area contributed by atoms with Gasteiger partial charge in [-0.1, -0.05) is 49.6 Å². The fourth-order valence-electron chi connectivity index (χ4n) is 2.61. The number of benzene rings is 1. The molecule has 1 saturated carbocycles. The van der Waals surface area contributed by atoms with Crippen molar-refractivity contribution >= 4 is 17.4 Å². The van der Waals surface area contributed by atoms with E-state index >= 15 is 0 Å². The Labute approximate surface area is 103 Å². The maximum Gasteiger partial charge on any atom is 0.0751 e. The van der Waals surface area contributed by atoms with Gasteiger partial charge in [0.05, 0.1) is 10.7 Å². The number of hydrogen-bond acceptors (Lipinski definition) is 2. The number of isothiocyanates is 1. The largest absolute Gasteiger partial charge is 0.225 e. The van der Waals surface area contributed by atoms with Crippen LogP contribution in [0.4, 0.5) is 0 Å². The molecule has 0 radical (unpaired) electrons. The Balaban J connectivity index is 2.17. The average molecular weight is 231 g/mol. The van der Waals surface area contributed by atoms with Crippen LogP contribution < -0.4 is 0 Å². The molecule has 0 aliphatic heterocycles. The molecule has 0 aromatic heterocycles. The number of rotatable bonds is 3. The zero-order valence-corrected chi connectivity index (χ0v) is 10.3. The van der Waals surface area contributed by atoms with Gasteiger partial charge in [-0.3, -0.25) is 0 Å². The Hall–Kier alpha value is -0.980. The summed E-state index contributed by atoms with van der Waals surface area (Å²) in [5.74, 6) is 0. The molecule has 0 amide bonds. The van der Waals surface area contributed by atoms with Gasteiger partial charge in [-0.25, -0.2) is 4.99 Å². The van der Waals surface area contributed by atoms with E-state index in [0.717, 1.165) is 19.3 Å².